The van der Waals surface area contributed by atoms with E-state index in [9.17, 15) is 4.79 Å². The lowest BCUT2D eigenvalue weighted by molar-refractivity contribution is 0.144. The van der Waals surface area contributed by atoms with Gasteiger partial charge >= 0.3 is 6.03 Å². The smallest absolute Gasteiger partial charge is 0.321 e. The van der Waals surface area contributed by atoms with Gasteiger partial charge in [0.25, 0.3) is 0 Å². The van der Waals surface area contributed by atoms with Crippen molar-refractivity contribution in [2.75, 3.05) is 31.5 Å². The van der Waals surface area contributed by atoms with Gasteiger partial charge in [0.05, 0.1) is 5.69 Å². The summed E-state index contributed by atoms with van der Waals surface area (Å²) in [5, 5.41) is 7.20. The van der Waals surface area contributed by atoms with Gasteiger partial charge in [0.2, 0.25) is 0 Å². The monoisotopic (exact) mass is 337 g/mol. The maximum Gasteiger partial charge on any atom is 0.321 e. The lowest BCUT2D eigenvalue weighted by atomic mass is 10.0. The number of piperidine rings is 1. The predicted octanol–water partition coefficient (Wildman–Crippen LogP) is 2.74. The molecular weight excluding hydrogens is 314 g/mol. The van der Waals surface area contributed by atoms with Crippen LogP contribution in [0.3, 0.4) is 0 Å². The molecule has 2 aliphatic heterocycles. The normalized spacial score (nSPS) is 18.6. The zero-order valence-electron chi connectivity index (χ0n) is 14.2. The molecule has 4 rings (SSSR count). The van der Waals surface area contributed by atoms with Crippen LogP contribution in [-0.2, 0) is 0 Å². The van der Waals surface area contributed by atoms with E-state index in [2.05, 4.69) is 27.5 Å². The number of urea groups is 1. The molecule has 1 saturated heterocycles. The largest absolute Gasteiger partial charge is 0.324 e. The minimum absolute atomic E-state index is 0.00941. The van der Waals surface area contributed by atoms with Gasteiger partial charge in [-0.1, -0.05) is 12.2 Å². The number of nitrogens with zero attached hydrogens (tertiary/aromatic N) is 4. The number of anilines is 1. The number of rotatable bonds is 3. The van der Waals surface area contributed by atoms with Gasteiger partial charge in [-0.2, -0.15) is 5.10 Å². The molecule has 1 aromatic carbocycles. The quantitative estimate of drug-likeness (QED) is 0.876. The molecule has 2 aliphatic rings. The van der Waals surface area contributed by atoms with Crippen LogP contribution in [0.2, 0.25) is 0 Å². The zero-order chi connectivity index (χ0) is 17.1. The SMILES string of the molecule is O=C(Nc1ccc(-n2cccn2)cc1)N1CCC(N2CC=CC2)CC1. The maximum absolute atomic E-state index is 12.5. The van der Waals surface area contributed by atoms with E-state index in [1.165, 1.54) is 0 Å². The highest BCUT2D eigenvalue weighted by molar-refractivity contribution is 5.89. The third kappa shape index (κ3) is 3.58. The fourth-order valence-electron chi connectivity index (χ4n) is 3.55. The predicted molar refractivity (Wildman–Crippen MR) is 97.9 cm³/mol. The Morgan fingerprint density at radius 3 is 2.44 bits per heavy atom. The molecule has 2 amide bonds. The first kappa shape index (κ1) is 15.9. The Morgan fingerprint density at radius 1 is 1.08 bits per heavy atom. The highest BCUT2D eigenvalue weighted by Crippen LogP contribution is 2.20. The Labute approximate surface area is 147 Å². The molecular formula is C19H23N5O. The lowest BCUT2D eigenvalue weighted by Crippen LogP contribution is -2.47. The summed E-state index contributed by atoms with van der Waals surface area (Å²) in [6.07, 6.45) is 10.2. The van der Waals surface area contributed by atoms with Gasteiger partial charge in [0.15, 0.2) is 0 Å². The molecule has 6 nitrogen and oxygen atoms in total. The molecule has 2 aromatic rings. The Hall–Kier alpha value is -2.60. The van der Waals surface area contributed by atoms with Crippen molar-refractivity contribution in [1.82, 2.24) is 19.6 Å². The Kier molecular flexibility index (Phi) is 4.52. The van der Waals surface area contributed by atoms with E-state index in [-0.39, 0.29) is 6.03 Å². The van der Waals surface area contributed by atoms with Crippen molar-refractivity contribution in [3.8, 4) is 5.69 Å². The molecule has 0 radical (unpaired) electrons. The van der Waals surface area contributed by atoms with E-state index in [4.69, 9.17) is 0 Å². The van der Waals surface area contributed by atoms with Gasteiger partial charge in [0, 0.05) is 50.3 Å². The minimum Gasteiger partial charge on any atom is -0.324 e. The molecule has 1 N–H and O–H groups in total. The van der Waals surface area contributed by atoms with Crippen LogP contribution in [0.1, 0.15) is 12.8 Å². The highest BCUT2D eigenvalue weighted by Gasteiger charge is 2.27. The summed E-state index contributed by atoms with van der Waals surface area (Å²) in [6, 6.07) is 10.2. The van der Waals surface area contributed by atoms with Gasteiger partial charge < -0.3 is 10.2 Å². The van der Waals surface area contributed by atoms with Gasteiger partial charge in [-0.25, -0.2) is 9.48 Å². The van der Waals surface area contributed by atoms with Crippen LogP contribution in [0.5, 0.6) is 0 Å². The Bertz CT molecular complexity index is 722. The van der Waals surface area contributed by atoms with Gasteiger partial charge in [0.1, 0.15) is 0 Å². The van der Waals surface area contributed by atoms with Gasteiger partial charge in [-0.05, 0) is 43.2 Å². The number of nitrogens with one attached hydrogen (secondary N) is 1. The Morgan fingerprint density at radius 2 is 1.80 bits per heavy atom. The molecule has 3 heterocycles. The van der Waals surface area contributed by atoms with Crippen LogP contribution in [0.15, 0.2) is 54.9 Å². The van der Waals surface area contributed by atoms with Crippen molar-refractivity contribution in [3.05, 3.63) is 54.9 Å². The van der Waals surface area contributed by atoms with Crippen LogP contribution in [0.4, 0.5) is 10.5 Å². The van der Waals surface area contributed by atoms with Crippen LogP contribution in [0.25, 0.3) is 5.69 Å². The average Bonchev–Trinajstić information content (AvgIpc) is 3.36. The van der Waals surface area contributed by atoms with E-state index in [0.717, 1.165) is 50.4 Å². The summed E-state index contributed by atoms with van der Waals surface area (Å²) in [4.78, 5) is 16.9. The summed E-state index contributed by atoms with van der Waals surface area (Å²) in [6.45, 7) is 3.75. The summed E-state index contributed by atoms with van der Waals surface area (Å²) >= 11 is 0. The summed E-state index contributed by atoms with van der Waals surface area (Å²) in [7, 11) is 0. The number of hydrogen-bond acceptors (Lipinski definition) is 3. The minimum atomic E-state index is -0.00941. The molecule has 0 atom stereocenters. The second kappa shape index (κ2) is 7.11. The second-order valence-corrected chi connectivity index (χ2v) is 6.57. The number of carbonyl (C=O) groups is 1. The zero-order valence-corrected chi connectivity index (χ0v) is 14.2. The first-order valence-electron chi connectivity index (χ1n) is 8.85. The summed E-state index contributed by atoms with van der Waals surface area (Å²) in [5.41, 5.74) is 1.79. The van der Waals surface area contributed by atoms with E-state index < -0.39 is 0 Å². The molecule has 0 unspecified atom stereocenters. The second-order valence-electron chi connectivity index (χ2n) is 6.57. The third-order valence-corrected chi connectivity index (χ3v) is 5.00. The Balaban J connectivity index is 1.30. The van der Waals surface area contributed by atoms with E-state index in [1.807, 2.05) is 41.4 Å². The lowest BCUT2D eigenvalue weighted by Gasteiger charge is -2.36. The summed E-state index contributed by atoms with van der Waals surface area (Å²) in [5.74, 6) is 0. The van der Waals surface area contributed by atoms with Crippen molar-refractivity contribution in [2.45, 2.75) is 18.9 Å². The third-order valence-electron chi connectivity index (χ3n) is 5.00. The standard InChI is InChI=1S/C19H23N5O/c25-19(23-14-8-17(9-15-23)22-11-1-2-12-22)21-16-4-6-18(7-5-16)24-13-3-10-20-24/h1-7,10,13,17H,8-9,11-12,14-15H2,(H,21,25). The van der Waals surface area contributed by atoms with Crippen molar-refractivity contribution in [2.24, 2.45) is 0 Å². The van der Waals surface area contributed by atoms with Crippen LogP contribution in [-0.4, -0.2) is 57.8 Å². The molecule has 1 fully saturated rings. The first-order chi connectivity index (χ1) is 12.3. The molecule has 0 bridgehead atoms. The fraction of sp³-hybridized carbons (Fsp3) is 0.368. The van der Waals surface area contributed by atoms with E-state index in [0.29, 0.717) is 6.04 Å². The van der Waals surface area contributed by atoms with Crippen molar-refractivity contribution in [3.63, 3.8) is 0 Å². The average molecular weight is 337 g/mol. The topological polar surface area (TPSA) is 53.4 Å². The number of aromatic nitrogens is 2. The molecule has 6 heteroatoms. The molecule has 0 aliphatic carbocycles. The van der Waals surface area contributed by atoms with Gasteiger partial charge in [-0.15, -0.1) is 0 Å². The van der Waals surface area contributed by atoms with Gasteiger partial charge in [-0.3, -0.25) is 4.90 Å². The molecule has 130 valence electrons. The number of likely N-dealkylation sites (tertiary alicyclic amines) is 1. The van der Waals surface area contributed by atoms with Crippen LogP contribution in [0, 0.1) is 0 Å². The maximum atomic E-state index is 12.5. The molecule has 0 spiro atoms. The number of hydrogen-bond donors (Lipinski definition) is 1. The number of amides is 2. The highest BCUT2D eigenvalue weighted by atomic mass is 16.2. The van der Waals surface area contributed by atoms with Crippen LogP contribution < -0.4 is 5.32 Å². The summed E-state index contributed by atoms with van der Waals surface area (Å²) < 4.78 is 1.80. The fourth-order valence-corrected chi connectivity index (χ4v) is 3.55. The van der Waals surface area contributed by atoms with E-state index in [1.54, 1.807) is 10.9 Å². The van der Waals surface area contributed by atoms with Crippen LogP contribution >= 0.6 is 0 Å². The van der Waals surface area contributed by atoms with Crippen molar-refractivity contribution < 1.29 is 4.79 Å². The first-order valence-corrected chi connectivity index (χ1v) is 8.85. The number of carbonyl (C=O) groups excluding carboxylic acids is 1. The number of benzene rings is 1. The molecule has 0 saturated carbocycles. The van der Waals surface area contributed by atoms with Crippen molar-refractivity contribution in [1.29, 1.82) is 0 Å². The molecule has 1 aromatic heterocycles. The van der Waals surface area contributed by atoms with Crippen molar-refractivity contribution >= 4 is 11.7 Å². The molecule has 25 heavy (non-hydrogen) atoms. The van der Waals surface area contributed by atoms with E-state index >= 15 is 0 Å².